The van der Waals surface area contributed by atoms with Gasteiger partial charge in [0.2, 0.25) is 0 Å². The van der Waals surface area contributed by atoms with Crippen LogP contribution >= 0.6 is 0 Å². The standard InChI is InChI=1S/C24H18F3N3O2/c1-15-2-9-19(12-21(15)27)28-24(31)23-22(32-14-16-3-5-17(25)6-4-16)13-30(29-23)20-10-7-18(26)8-11-20/h2-13H,14H2,1H3,(H,28,31). The molecule has 8 heteroatoms. The Hall–Kier alpha value is -4.07. The van der Waals surface area contributed by atoms with Crippen molar-refractivity contribution >= 4 is 11.6 Å². The first-order valence-electron chi connectivity index (χ1n) is 9.69. The summed E-state index contributed by atoms with van der Waals surface area (Å²) in [6.45, 7) is 1.68. The van der Waals surface area contributed by atoms with E-state index < -0.39 is 17.5 Å². The third kappa shape index (κ3) is 4.80. The smallest absolute Gasteiger partial charge is 0.280 e. The highest BCUT2D eigenvalue weighted by Gasteiger charge is 2.20. The first-order valence-corrected chi connectivity index (χ1v) is 9.69. The summed E-state index contributed by atoms with van der Waals surface area (Å²) < 4.78 is 47.4. The second-order valence-corrected chi connectivity index (χ2v) is 7.10. The maximum atomic E-state index is 13.9. The average molecular weight is 437 g/mol. The normalized spacial score (nSPS) is 10.8. The van der Waals surface area contributed by atoms with Crippen LogP contribution in [0.1, 0.15) is 21.6 Å². The number of amides is 1. The van der Waals surface area contributed by atoms with Crippen molar-refractivity contribution in [3.05, 3.63) is 107 Å². The van der Waals surface area contributed by atoms with Crippen molar-refractivity contribution in [1.29, 1.82) is 0 Å². The molecule has 0 bridgehead atoms. The zero-order valence-electron chi connectivity index (χ0n) is 17.0. The molecule has 0 aliphatic heterocycles. The fraction of sp³-hybridized carbons (Fsp3) is 0.0833. The summed E-state index contributed by atoms with van der Waals surface area (Å²) in [7, 11) is 0. The minimum Gasteiger partial charge on any atom is -0.485 e. The van der Waals surface area contributed by atoms with E-state index in [4.69, 9.17) is 4.74 Å². The molecule has 0 unspecified atom stereocenters. The van der Waals surface area contributed by atoms with Crippen LogP contribution in [0.2, 0.25) is 0 Å². The summed E-state index contributed by atoms with van der Waals surface area (Å²) in [6.07, 6.45) is 1.49. The molecule has 0 saturated heterocycles. The Kier molecular flexibility index (Phi) is 5.93. The molecule has 32 heavy (non-hydrogen) atoms. The fourth-order valence-electron chi connectivity index (χ4n) is 2.95. The zero-order valence-corrected chi connectivity index (χ0v) is 17.0. The summed E-state index contributed by atoms with van der Waals surface area (Å²) >= 11 is 0. The Morgan fingerprint density at radius 1 is 0.969 bits per heavy atom. The number of aryl methyl sites for hydroxylation is 1. The number of benzene rings is 3. The van der Waals surface area contributed by atoms with Crippen LogP contribution in [0.15, 0.2) is 72.9 Å². The van der Waals surface area contributed by atoms with Crippen molar-refractivity contribution in [2.75, 3.05) is 5.32 Å². The summed E-state index contributed by atoms with van der Waals surface area (Å²) in [4.78, 5) is 12.9. The van der Waals surface area contributed by atoms with Crippen LogP contribution < -0.4 is 10.1 Å². The van der Waals surface area contributed by atoms with Gasteiger partial charge in [-0.25, -0.2) is 17.9 Å². The van der Waals surface area contributed by atoms with E-state index in [1.54, 1.807) is 31.2 Å². The Labute approximate surface area is 182 Å². The Balaban J connectivity index is 1.62. The Morgan fingerprint density at radius 3 is 2.28 bits per heavy atom. The molecular weight excluding hydrogens is 419 g/mol. The van der Waals surface area contributed by atoms with Crippen molar-refractivity contribution in [3.63, 3.8) is 0 Å². The van der Waals surface area contributed by atoms with Gasteiger partial charge in [-0.1, -0.05) is 18.2 Å². The molecule has 0 aliphatic rings. The summed E-state index contributed by atoms with van der Waals surface area (Å²) in [5, 5.41) is 6.88. The maximum Gasteiger partial charge on any atom is 0.280 e. The molecule has 0 saturated carbocycles. The molecule has 0 atom stereocenters. The predicted molar refractivity (Wildman–Crippen MR) is 113 cm³/mol. The van der Waals surface area contributed by atoms with Crippen molar-refractivity contribution in [2.24, 2.45) is 0 Å². The van der Waals surface area contributed by atoms with Gasteiger partial charge in [0.15, 0.2) is 11.4 Å². The number of aromatic nitrogens is 2. The van der Waals surface area contributed by atoms with Crippen LogP contribution in [0, 0.1) is 24.4 Å². The second-order valence-electron chi connectivity index (χ2n) is 7.10. The van der Waals surface area contributed by atoms with Crippen LogP contribution in [-0.2, 0) is 6.61 Å². The first-order chi connectivity index (χ1) is 15.4. The van der Waals surface area contributed by atoms with E-state index >= 15 is 0 Å². The van der Waals surface area contributed by atoms with Gasteiger partial charge in [-0.3, -0.25) is 4.79 Å². The fourth-order valence-corrected chi connectivity index (χ4v) is 2.95. The van der Waals surface area contributed by atoms with E-state index in [0.29, 0.717) is 16.8 Å². The lowest BCUT2D eigenvalue weighted by atomic mass is 10.2. The molecule has 1 N–H and O–H groups in total. The molecule has 4 aromatic rings. The van der Waals surface area contributed by atoms with E-state index in [0.717, 1.165) is 0 Å². The van der Waals surface area contributed by atoms with Gasteiger partial charge in [-0.05, 0) is 66.6 Å². The number of carbonyl (C=O) groups excluding carboxylic acids is 1. The van der Waals surface area contributed by atoms with Gasteiger partial charge in [0.1, 0.15) is 24.1 Å². The van der Waals surface area contributed by atoms with Gasteiger partial charge in [0.05, 0.1) is 11.9 Å². The minimum atomic E-state index is -0.608. The van der Waals surface area contributed by atoms with Crippen molar-refractivity contribution in [3.8, 4) is 11.4 Å². The van der Waals surface area contributed by atoms with Crippen LogP contribution in [0.5, 0.6) is 5.75 Å². The Bertz CT molecular complexity index is 1250. The molecule has 0 fully saturated rings. The highest BCUT2D eigenvalue weighted by Crippen LogP contribution is 2.23. The maximum absolute atomic E-state index is 13.9. The molecule has 3 aromatic carbocycles. The predicted octanol–water partition coefficient (Wildman–Crippen LogP) is 5.43. The lowest BCUT2D eigenvalue weighted by Gasteiger charge is -2.08. The summed E-state index contributed by atoms with van der Waals surface area (Å²) in [5.74, 6) is -1.68. The zero-order chi connectivity index (χ0) is 22.7. The molecule has 162 valence electrons. The van der Waals surface area contributed by atoms with Crippen LogP contribution in [0.4, 0.5) is 18.9 Å². The van der Waals surface area contributed by atoms with Gasteiger partial charge in [0.25, 0.3) is 5.91 Å². The van der Waals surface area contributed by atoms with Crippen LogP contribution in [-0.4, -0.2) is 15.7 Å². The molecule has 0 aliphatic carbocycles. The Morgan fingerprint density at radius 2 is 1.62 bits per heavy atom. The van der Waals surface area contributed by atoms with E-state index in [1.807, 2.05) is 0 Å². The van der Waals surface area contributed by atoms with Crippen LogP contribution in [0.3, 0.4) is 0 Å². The van der Waals surface area contributed by atoms with Gasteiger partial charge in [-0.2, -0.15) is 5.10 Å². The molecule has 1 aromatic heterocycles. The topological polar surface area (TPSA) is 56.2 Å². The highest BCUT2D eigenvalue weighted by molar-refractivity contribution is 6.04. The number of ether oxygens (including phenoxy) is 1. The van der Waals surface area contributed by atoms with E-state index in [-0.39, 0.29) is 29.6 Å². The quantitative estimate of drug-likeness (QED) is 0.438. The average Bonchev–Trinajstić information content (AvgIpc) is 3.21. The van der Waals surface area contributed by atoms with Crippen molar-refractivity contribution < 1.29 is 22.7 Å². The lowest BCUT2D eigenvalue weighted by Crippen LogP contribution is -2.14. The third-order valence-corrected chi connectivity index (χ3v) is 4.72. The van der Waals surface area contributed by atoms with Crippen molar-refractivity contribution in [1.82, 2.24) is 9.78 Å². The van der Waals surface area contributed by atoms with Gasteiger partial charge >= 0.3 is 0 Å². The number of carbonyl (C=O) groups is 1. The van der Waals surface area contributed by atoms with Gasteiger partial charge in [-0.15, -0.1) is 0 Å². The molecule has 0 radical (unpaired) electrons. The highest BCUT2D eigenvalue weighted by atomic mass is 19.1. The number of rotatable bonds is 6. The number of halogens is 3. The molecule has 5 nitrogen and oxygen atoms in total. The van der Waals surface area contributed by atoms with E-state index in [2.05, 4.69) is 10.4 Å². The second kappa shape index (κ2) is 8.97. The number of hydrogen-bond donors (Lipinski definition) is 1. The largest absolute Gasteiger partial charge is 0.485 e. The molecule has 1 amide bonds. The van der Waals surface area contributed by atoms with E-state index in [1.165, 1.54) is 53.3 Å². The van der Waals surface area contributed by atoms with Crippen LogP contribution in [0.25, 0.3) is 5.69 Å². The van der Waals surface area contributed by atoms with E-state index in [9.17, 15) is 18.0 Å². The first kappa shape index (κ1) is 21.2. The summed E-state index contributed by atoms with van der Waals surface area (Å²) in [6, 6.07) is 15.6. The van der Waals surface area contributed by atoms with Gasteiger partial charge < -0.3 is 10.1 Å². The number of hydrogen-bond acceptors (Lipinski definition) is 3. The van der Waals surface area contributed by atoms with Crippen molar-refractivity contribution in [2.45, 2.75) is 13.5 Å². The SMILES string of the molecule is Cc1ccc(NC(=O)c2nn(-c3ccc(F)cc3)cc2OCc2ccc(F)cc2)cc1F. The lowest BCUT2D eigenvalue weighted by molar-refractivity contribution is 0.101. The number of nitrogens with one attached hydrogen (secondary N) is 1. The number of anilines is 1. The molecule has 1 heterocycles. The van der Waals surface area contributed by atoms with Gasteiger partial charge in [0, 0.05) is 5.69 Å². The summed E-state index contributed by atoms with van der Waals surface area (Å²) in [5.41, 5.74) is 1.87. The molecule has 0 spiro atoms. The third-order valence-electron chi connectivity index (χ3n) is 4.72. The monoisotopic (exact) mass is 437 g/mol. The minimum absolute atomic E-state index is 0.0441. The number of nitrogens with zero attached hydrogens (tertiary/aromatic N) is 2. The molecular formula is C24H18F3N3O2. The molecule has 4 rings (SSSR count).